The highest BCUT2D eigenvalue weighted by Gasteiger charge is 2.44. The molecule has 4 heterocycles. The average Bonchev–Trinajstić information content (AvgIpc) is 3.02. The van der Waals surface area contributed by atoms with Crippen LogP contribution in [0.1, 0.15) is 22.3 Å². The van der Waals surface area contributed by atoms with E-state index in [2.05, 4.69) is 9.97 Å². The fourth-order valence-electron chi connectivity index (χ4n) is 3.94. The molecule has 4 rings (SSSR count). The van der Waals surface area contributed by atoms with Crippen LogP contribution in [0.3, 0.4) is 0 Å². The van der Waals surface area contributed by atoms with Gasteiger partial charge in [-0.15, -0.1) is 0 Å². The first kappa shape index (κ1) is 21.0. The van der Waals surface area contributed by atoms with Crippen LogP contribution in [0, 0.1) is 11.7 Å². The van der Waals surface area contributed by atoms with Crippen molar-refractivity contribution in [2.24, 2.45) is 11.7 Å². The Morgan fingerprint density at radius 1 is 1.29 bits per heavy atom. The zero-order valence-corrected chi connectivity index (χ0v) is 16.2. The van der Waals surface area contributed by atoms with Gasteiger partial charge < -0.3 is 20.8 Å². The second kappa shape index (κ2) is 7.80. The van der Waals surface area contributed by atoms with E-state index in [-0.39, 0.29) is 48.5 Å². The van der Waals surface area contributed by atoms with Gasteiger partial charge in [-0.05, 0) is 12.5 Å². The molecule has 0 saturated carbocycles. The maximum atomic E-state index is 13.4. The summed E-state index contributed by atoms with van der Waals surface area (Å²) in [5, 5.41) is 0. The van der Waals surface area contributed by atoms with E-state index in [9.17, 15) is 22.4 Å². The lowest BCUT2D eigenvalue weighted by Crippen LogP contribution is -2.51. The summed E-state index contributed by atoms with van der Waals surface area (Å²) in [5.41, 5.74) is 12.7. The number of furan rings is 1. The number of halogens is 4. The molecule has 11 heteroatoms. The lowest BCUT2D eigenvalue weighted by Gasteiger charge is -2.39. The summed E-state index contributed by atoms with van der Waals surface area (Å²) in [6.45, 7) is -0.0462. The number of hydrogen-bond donors (Lipinski definition) is 2. The molecule has 7 nitrogen and oxygen atoms in total. The lowest BCUT2D eigenvalue weighted by molar-refractivity contribution is -0.177. The van der Waals surface area contributed by atoms with Crippen LogP contribution in [0.2, 0.25) is 0 Å². The van der Waals surface area contributed by atoms with Crippen molar-refractivity contribution in [3.63, 3.8) is 0 Å². The summed E-state index contributed by atoms with van der Waals surface area (Å²) in [4.78, 5) is 22.4. The first-order chi connectivity index (χ1) is 14.6. The molecule has 164 valence electrons. The number of piperidine rings is 1. The number of nitrogen functional groups attached to an aromatic ring is 1. The minimum absolute atomic E-state index is 0.00619. The molecule has 0 amide bonds. The van der Waals surface area contributed by atoms with E-state index in [1.807, 2.05) is 0 Å². The van der Waals surface area contributed by atoms with Gasteiger partial charge in [0.1, 0.15) is 16.9 Å². The van der Waals surface area contributed by atoms with Gasteiger partial charge in [0.2, 0.25) is 5.88 Å². The average molecular weight is 437 g/mol. The predicted molar refractivity (Wildman–Crippen MR) is 105 cm³/mol. The maximum absolute atomic E-state index is 13.4. The monoisotopic (exact) mass is 437 g/mol. The number of ketones is 1. The van der Waals surface area contributed by atoms with Gasteiger partial charge in [0, 0.05) is 55.3 Å². The number of nitrogens with zero attached hydrogens (tertiary/aromatic N) is 3. The fraction of sp³-hybridized carbons (Fsp3) is 0.350. The maximum Gasteiger partial charge on any atom is 0.393 e. The first-order valence-corrected chi connectivity index (χ1v) is 9.50. The summed E-state index contributed by atoms with van der Waals surface area (Å²) >= 11 is 0. The van der Waals surface area contributed by atoms with Gasteiger partial charge in [-0.1, -0.05) is 0 Å². The Hall–Kier alpha value is -3.21. The van der Waals surface area contributed by atoms with E-state index in [0.717, 1.165) is 12.3 Å². The molecule has 0 aromatic carbocycles. The third-order valence-electron chi connectivity index (χ3n) is 5.32. The Balaban J connectivity index is 1.64. The van der Waals surface area contributed by atoms with E-state index in [0.29, 0.717) is 11.3 Å². The van der Waals surface area contributed by atoms with Gasteiger partial charge in [0.15, 0.2) is 11.4 Å². The Kier molecular flexibility index (Phi) is 5.29. The molecular formula is C20H19F4N5O2. The van der Waals surface area contributed by atoms with Crippen molar-refractivity contribution < 1.29 is 26.8 Å². The zero-order valence-electron chi connectivity index (χ0n) is 16.2. The van der Waals surface area contributed by atoms with Crippen molar-refractivity contribution in [1.82, 2.24) is 9.97 Å². The van der Waals surface area contributed by atoms with Crippen LogP contribution in [0.4, 0.5) is 29.1 Å². The third-order valence-corrected chi connectivity index (χ3v) is 5.32. The minimum Gasteiger partial charge on any atom is -0.438 e. The molecule has 1 aliphatic rings. The third kappa shape index (κ3) is 4.18. The predicted octanol–water partition coefficient (Wildman–Crippen LogP) is 3.09. The highest BCUT2D eigenvalue weighted by molar-refractivity contribution is 6.10. The zero-order chi connectivity index (χ0) is 22.3. The van der Waals surface area contributed by atoms with Crippen molar-refractivity contribution in [2.45, 2.75) is 25.1 Å². The van der Waals surface area contributed by atoms with Gasteiger partial charge in [-0.2, -0.15) is 13.2 Å². The molecule has 31 heavy (non-hydrogen) atoms. The van der Waals surface area contributed by atoms with Gasteiger partial charge in [0.05, 0.1) is 12.1 Å². The van der Waals surface area contributed by atoms with Crippen LogP contribution in [-0.4, -0.2) is 41.1 Å². The molecule has 2 atom stereocenters. The number of rotatable bonds is 4. The van der Waals surface area contributed by atoms with E-state index >= 15 is 0 Å². The Bertz CT molecular complexity index is 1130. The molecule has 0 unspecified atom stereocenters. The van der Waals surface area contributed by atoms with Crippen LogP contribution in [0.5, 0.6) is 0 Å². The minimum atomic E-state index is -4.37. The molecule has 3 aromatic heterocycles. The lowest BCUT2D eigenvalue weighted by atomic mass is 9.93. The molecule has 4 N–H and O–H groups in total. The van der Waals surface area contributed by atoms with Crippen LogP contribution in [0.25, 0.3) is 11.1 Å². The summed E-state index contributed by atoms with van der Waals surface area (Å²) in [7, 11) is 0. The van der Waals surface area contributed by atoms with Gasteiger partial charge in [0.25, 0.3) is 0 Å². The van der Waals surface area contributed by atoms with E-state index in [1.54, 1.807) is 6.07 Å². The Morgan fingerprint density at radius 3 is 2.81 bits per heavy atom. The second-order valence-electron chi connectivity index (χ2n) is 7.59. The number of Topliss-reactive ketones (excluding diaryl/α,β-unsaturated/α-hetero) is 1. The van der Waals surface area contributed by atoms with Crippen molar-refractivity contribution >= 4 is 28.5 Å². The topological polar surface area (TPSA) is 111 Å². The first-order valence-electron chi connectivity index (χ1n) is 9.50. The SMILES string of the molecule is Nc1oc2cc(F)cnc2c1C(=O)Cc1cnccc1N1C[C@@H](N)C[C@@H](C(F)(F)F)C1. The smallest absolute Gasteiger partial charge is 0.393 e. The number of aromatic nitrogens is 2. The molecule has 1 saturated heterocycles. The number of fused-ring (bicyclic) bond motifs is 1. The fourth-order valence-corrected chi connectivity index (χ4v) is 3.94. The number of alkyl halides is 3. The Labute approximate surface area is 174 Å². The van der Waals surface area contributed by atoms with Crippen LogP contribution in [0.15, 0.2) is 35.1 Å². The normalized spacial score (nSPS) is 19.7. The van der Waals surface area contributed by atoms with E-state index < -0.39 is 29.7 Å². The van der Waals surface area contributed by atoms with Crippen molar-refractivity contribution in [3.8, 4) is 0 Å². The molecule has 3 aromatic rings. The summed E-state index contributed by atoms with van der Waals surface area (Å²) < 4.78 is 58.6. The summed E-state index contributed by atoms with van der Waals surface area (Å²) in [6, 6.07) is 1.96. The number of nitrogens with two attached hydrogens (primary N) is 2. The second-order valence-corrected chi connectivity index (χ2v) is 7.59. The summed E-state index contributed by atoms with van der Waals surface area (Å²) in [5.74, 6) is -2.89. The molecule has 0 radical (unpaired) electrons. The number of anilines is 2. The highest BCUT2D eigenvalue weighted by atomic mass is 19.4. The number of pyridine rings is 2. The molecular weight excluding hydrogens is 418 g/mol. The quantitative estimate of drug-likeness (QED) is 0.477. The van der Waals surface area contributed by atoms with E-state index in [1.165, 1.54) is 17.3 Å². The number of hydrogen-bond acceptors (Lipinski definition) is 7. The molecule has 0 aliphatic carbocycles. The Morgan fingerprint density at radius 2 is 2.06 bits per heavy atom. The molecule has 0 spiro atoms. The van der Waals surface area contributed by atoms with Crippen LogP contribution >= 0.6 is 0 Å². The summed E-state index contributed by atoms with van der Waals surface area (Å²) in [6.07, 6.45) is -0.928. The molecule has 1 fully saturated rings. The highest BCUT2D eigenvalue weighted by Crippen LogP contribution is 2.36. The van der Waals surface area contributed by atoms with Crippen molar-refractivity contribution in [1.29, 1.82) is 0 Å². The van der Waals surface area contributed by atoms with Gasteiger partial charge in [-0.3, -0.25) is 9.78 Å². The van der Waals surface area contributed by atoms with Crippen molar-refractivity contribution in [3.05, 3.63) is 47.7 Å². The van der Waals surface area contributed by atoms with E-state index in [4.69, 9.17) is 15.9 Å². The van der Waals surface area contributed by atoms with Crippen LogP contribution < -0.4 is 16.4 Å². The van der Waals surface area contributed by atoms with Gasteiger partial charge in [-0.25, -0.2) is 9.37 Å². The van der Waals surface area contributed by atoms with Crippen LogP contribution in [-0.2, 0) is 6.42 Å². The largest absolute Gasteiger partial charge is 0.438 e. The van der Waals surface area contributed by atoms with Gasteiger partial charge >= 0.3 is 6.18 Å². The van der Waals surface area contributed by atoms with Crippen molar-refractivity contribution in [2.75, 3.05) is 23.7 Å². The number of carbonyl (C=O) groups is 1. The molecule has 0 bridgehead atoms. The standard InChI is InChI=1S/C20H19F4N5O2/c21-12-5-16-18(28-7-12)17(19(26)31-16)15(30)3-10-6-27-2-1-14(10)29-8-11(20(22,23)24)4-13(25)9-29/h1-2,5-7,11,13H,3-4,8-9,25-26H2/t11-,13+/m1/s1. The number of carbonyl (C=O) groups excluding carboxylic acids is 1. The molecule has 1 aliphatic heterocycles.